The lowest BCUT2D eigenvalue weighted by molar-refractivity contribution is 0.174. The molecular formula is C16H16N2O. The van der Waals surface area contributed by atoms with E-state index in [0.29, 0.717) is 12.1 Å². The molecule has 96 valence electrons. The van der Waals surface area contributed by atoms with Gasteiger partial charge in [-0.25, -0.2) is 4.98 Å². The lowest BCUT2D eigenvalue weighted by Crippen LogP contribution is -2.02. The second kappa shape index (κ2) is 4.86. The molecule has 0 aliphatic heterocycles. The van der Waals surface area contributed by atoms with Gasteiger partial charge in [0.15, 0.2) is 0 Å². The van der Waals surface area contributed by atoms with Gasteiger partial charge in [-0.2, -0.15) is 0 Å². The number of aryl methyl sites for hydroxylation is 1. The van der Waals surface area contributed by atoms with E-state index in [0.717, 1.165) is 11.2 Å². The van der Waals surface area contributed by atoms with E-state index >= 15 is 0 Å². The Morgan fingerprint density at radius 1 is 1.16 bits per heavy atom. The van der Waals surface area contributed by atoms with Gasteiger partial charge in [-0.3, -0.25) is 0 Å². The average Bonchev–Trinajstić information content (AvgIpc) is 2.85. The molecule has 0 saturated carbocycles. The molecule has 1 N–H and O–H groups in total. The molecule has 3 rings (SSSR count). The van der Waals surface area contributed by atoms with Gasteiger partial charge in [0, 0.05) is 18.8 Å². The van der Waals surface area contributed by atoms with Gasteiger partial charge in [0.1, 0.15) is 11.8 Å². The Kier molecular flexibility index (Phi) is 3.05. The number of fused-ring (bicyclic) bond motifs is 1. The van der Waals surface area contributed by atoms with Crippen LogP contribution < -0.4 is 0 Å². The summed E-state index contributed by atoms with van der Waals surface area (Å²) in [5.74, 6) is 0. The summed E-state index contributed by atoms with van der Waals surface area (Å²) in [6.45, 7) is 2.06. The number of aromatic nitrogens is 2. The average molecular weight is 252 g/mol. The monoisotopic (exact) mass is 252 g/mol. The summed E-state index contributed by atoms with van der Waals surface area (Å²) >= 11 is 0. The van der Waals surface area contributed by atoms with Crippen LogP contribution in [0.3, 0.4) is 0 Å². The Hall–Kier alpha value is -2.13. The van der Waals surface area contributed by atoms with Gasteiger partial charge in [-0.1, -0.05) is 35.9 Å². The number of aliphatic hydroxyl groups excluding tert-OH is 1. The predicted molar refractivity (Wildman–Crippen MR) is 75.0 cm³/mol. The third-order valence-corrected chi connectivity index (χ3v) is 3.27. The first kappa shape index (κ1) is 11.9. The summed E-state index contributed by atoms with van der Waals surface area (Å²) in [5.41, 5.74) is 3.92. The fourth-order valence-corrected chi connectivity index (χ4v) is 2.17. The Morgan fingerprint density at radius 3 is 2.68 bits per heavy atom. The normalized spacial score (nSPS) is 12.7. The van der Waals surface area contributed by atoms with E-state index in [2.05, 4.69) is 24.0 Å². The van der Waals surface area contributed by atoms with E-state index < -0.39 is 6.10 Å². The van der Waals surface area contributed by atoms with Gasteiger partial charge in [0.25, 0.3) is 0 Å². The van der Waals surface area contributed by atoms with Gasteiger partial charge < -0.3 is 9.51 Å². The van der Waals surface area contributed by atoms with Crippen molar-refractivity contribution in [3.8, 4) is 0 Å². The third kappa shape index (κ3) is 2.51. The summed E-state index contributed by atoms with van der Waals surface area (Å²) in [6.07, 6.45) is 3.84. The molecule has 0 radical (unpaired) electrons. The van der Waals surface area contributed by atoms with Crippen molar-refractivity contribution in [3.63, 3.8) is 0 Å². The van der Waals surface area contributed by atoms with Gasteiger partial charge >= 0.3 is 0 Å². The van der Waals surface area contributed by atoms with Crippen LogP contribution in [0.25, 0.3) is 5.65 Å². The highest BCUT2D eigenvalue weighted by Crippen LogP contribution is 2.18. The molecule has 0 aliphatic carbocycles. The molecular weight excluding hydrogens is 236 g/mol. The van der Waals surface area contributed by atoms with Crippen LogP contribution in [0.1, 0.15) is 22.9 Å². The lowest BCUT2D eigenvalue weighted by atomic mass is 10.0. The van der Waals surface area contributed by atoms with Crippen molar-refractivity contribution in [2.45, 2.75) is 19.4 Å². The highest BCUT2D eigenvalue weighted by Gasteiger charge is 2.12. The molecule has 0 amide bonds. The van der Waals surface area contributed by atoms with Crippen LogP contribution in [0.4, 0.5) is 0 Å². The summed E-state index contributed by atoms with van der Waals surface area (Å²) in [5, 5.41) is 10.3. The number of aliphatic hydroxyl groups is 1. The van der Waals surface area contributed by atoms with Crippen LogP contribution >= 0.6 is 0 Å². The molecule has 1 unspecified atom stereocenters. The van der Waals surface area contributed by atoms with Crippen molar-refractivity contribution in [3.05, 3.63) is 71.7 Å². The van der Waals surface area contributed by atoms with Crippen molar-refractivity contribution < 1.29 is 5.11 Å². The molecule has 3 nitrogen and oxygen atoms in total. The van der Waals surface area contributed by atoms with Crippen LogP contribution in [-0.2, 0) is 6.42 Å². The molecule has 2 heterocycles. The molecule has 3 heteroatoms. The van der Waals surface area contributed by atoms with Gasteiger partial charge in [0.2, 0.25) is 0 Å². The van der Waals surface area contributed by atoms with E-state index in [9.17, 15) is 5.11 Å². The van der Waals surface area contributed by atoms with Gasteiger partial charge in [-0.05, 0) is 24.6 Å². The first-order chi connectivity index (χ1) is 9.22. The molecule has 0 saturated heterocycles. The Bertz CT molecular complexity index is 652. The number of pyridine rings is 1. The predicted octanol–water partition coefficient (Wildman–Crippen LogP) is 2.92. The number of hydrogen-bond acceptors (Lipinski definition) is 2. The smallest absolute Gasteiger partial charge is 0.137 e. The number of hydrogen-bond donors (Lipinski definition) is 1. The Balaban J connectivity index is 1.83. The zero-order valence-corrected chi connectivity index (χ0v) is 10.8. The standard InChI is InChI=1S/C16H16N2O/c1-12-5-7-13(8-6-12)10-15(19)14-11-18-9-3-2-4-16(18)17-14/h2-9,11,15,19H,10H2,1H3. The highest BCUT2D eigenvalue weighted by molar-refractivity contribution is 5.40. The molecule has 2 aromatic heterocycles. The van der Waals surface area contributed by atoms with Crippen LogP contribution in [0.5, 0.6) is 0 Å². The van der Waals surface area contributed by atoms with Crippen molar-refractivity contribution in [1.29, 1.82) is 0 Å². The maximum absolute atomic E-state index is 10.3. The van der Waals surface area contributed by atoms with Crippen LogP contribution in [0.15, 0.2) is 54.9 Å². The molecule has 0 aliphatic rings. The summed E-state index contributed by atoms with van der Waals surface area (Å²) in [7, 11) is 0. The molecule has 1 atom stereocenters. The Morgan fingerprint density at radius 2 is 1.95 bits per heavy atom. The number of benzene rings is 1. The minimum Gasteiger partial charge on any atom is -0.386 e. The molecule has 0 spiro atoms. The fraction of sp³-hybridized carbons (Fsp3) is 0.188. The summed E-state index contributed by atoms with van der Waals surface area (Å²) < 4.78 is 1.92. The second-order valence-corrected chi connectivity index (χ2v) is 4.84. The molecule has 0 fully saturated rings. The summed E-state index contributed by atoms with van der Waals surface area (Å²) in [4.78, 5) is 4.44. The van der Waals surface area contributed by atoms with Gasteiger partial charge in [0.05, 0.1) is 5.69 Å². The largest absolute Gasteiger partial charge is 0.386 e. The second-order valence-electron chi connectivity index (χ2n) is 4.84. The quantitative estimate of drug-likeness (QED) is 0.778. The van der Waals surface area contributed by atoms with E-state index in [-0.39, 0.29) is 0 Å². The molecule has 19 heavy (non-hydrogen) atoms. The van der Waals surface area contributed by atoms with Gasteiger partial charge in [-0.15, -0.1) is 0 Å². The van der Waals surface area contributed by atoms with Crippen molar-refractivity contribution in [1.82, 2.24) is 9.38 Å². The van der Waals surface area contributed by atoms with Crippen molar-refractivity contribution in [2.75, 3.05) is 0 Å². The number of nitrogens with zero attached hydrogens (tertiary/aromatic N) is 2. The molecule has 1 aromatic carbocycles. The zero-order chi connectivity index (χ0) is 13.2. The first-order valence-corrected chi connectivity index (χ1v) is 6.39. The topological polar surface area (TPSA) is 37.5 Å². The highest BCUT2D eigenvalue weighted by atomic mass is 16.3. The number of rotatable bonds is 3. The van der Waals surface area contributed by atoms with Crippen LogP contribution in [0.2, 0.25) is 0 Å². The maximum Gasteiger partial charge on any atom is 0.137 e. The number of imidazole rings is 1. The molecule has 0 bridgehead atoms. The minimum atomic E-state index is -0.567. The van der Waals surface area contributed by atoms with E-state index in [1.54, 1.807) is 0 Å². The van der Waals surface area contributed by atoms with Crippen molar-refractivity contribution in [2.24, 2.45) is 0 Å². The maximum atomic E-state index is 10.3. The van der Waals surface area contributed by atoms with E-state index in [4.69, 9.17) is 0 Å². The Labute approximate surface area is 112 Å². The molecule has 3 aromatic rings. The van der Waals surface area contributed by atoms with Crippen LogP contribution in [-0.4, -0.2) is 14.5 Å². The lowest BCUT2D eigenvalue weighted by Gasteiger charge is -2.07. The SMILES string of the molecule is Cc1ccc(CC(O)c2cn3ccccc3n2)cc1. The minimum absolute atomic E-state index is 0.567. The van der Waals surface area contributed by atoms with E-state index in [1.807, 2.05) is 47.1 Å². The first-order valence-electron chi connectivity index (χ1n) is 6.39. The van der Waals surface area contributed by atoms with Crippen molar-refractivity contribution >= 4 is 5.65 Å². The van der Waals surface area contributed by atoms with Crippen LogP contribution in [0, 0.1) is 6.92 Å². The fourth-order valence-electron chi connectivity index (χ4n) is 2.17. The van der Waals surface area contributed by atoms with E-state index in [1.165, 1.54) is 5.56 Å². The third-order valence-electron chi connectivity index (χ3n) is 3.27. The zero-order valence-electron chi connectivity index (χ0n) is 10.8. The summed E-state index contributed by atoms with van der Waals surface area (Å²) in [6, 6.07) is 14.0.